The van der Waals surface area contributed by atoms with E-state index in [1.807, 2.05) is 24.3 Å². The van der Waals surface area contributed by atoms with Crippen LogP contribution in [0.25, 0.3) is 0 Å². The van der Waals surface area contributed by atoms with Crippen LogP contribution >= 0.6 is 12.6 Å². The number of hydrogen-bond donors (Lipinski definition) is 3. The van der Waals surface area contributed by atoms with Gasteiger partial charge in [-0.3, -0.25) is 9.59 Å². The molecule has 0 bridgehead atoms. The number of benzene rings is 1. The Morgan fingerprint density at radius 3 is 2.37 bits per heavy atom. The van der Waals surface area contributed by atoms with Crippen molar-refractivity contribution in [3.8, 4) is 0 Å². The lowest BCUT2D eigenvalue weighted by Crippen LogP contribution is -2.49. The van der Waals surface area contributed by atoms with Crippen molar-refractivity contribution in [2.24, 2.45) is 11.8 Å². The average Bonchev–Trinajstić information content (AvgIpc) is 2.72. The molecule has 0 aliphatic carbocycles. The molecule has 2 atom stereocenters. The molecule has 0 saturated carbocycles. The molecule has 4 nitrogen and oxygen atoms in total. The van der Waals surface area contributed by atoms with E-state index in [1.165, 1.54) is 25.7 Å². The maximum Gasteiger partial charge on any atom is 0.242 e. The van der Waals surface area contributed by atoms with E-state index < -0.39 is 6.04 Å². The maximum atomic E-state index is 13.2. The zero-order valence-electron chi connectivity index (χ0n) is 18.8. The molecule has 5 heteroatoms. The lowest BCUT2D eigenvalue weighted by molar-refractivity contribution is -0.131. The quantitative estimate of drug-likeness (QED) is 0.534. The Morgan fingerprint density at radius 1 is 1.07 bits per heavy atom. The Labute approximate surface area is 188 Å². The third kappa shape index (κ3) is 9.11. The average molecular weight is 433 g/mol. The fourth-order valence-corrected chi connectivity index (χ4v) is 4.48. The van der Waals surface area contributed by atoms with Crippen LogP contribution in [-0.2, 0) is 16.0 Å². The fraction of sp³-hybridized carbons (Fsp3) is 0.680. The number of carbonyl (C=O) groups excluding carboxylic acids is 2. The smallest absolute Gasteiger partial charge is 0.242 e. The predicted molar refractivity (Wildman–Crippen MR) is 127 cm³/mol. The topological polar surface area (TPSA) is 58.2 Å². The van der Waals surface area contributed by atoms with Crippen molar-refractivity contribution < 1.29 is 9.59 Å². The van der Waals surface area contributed by atoms with Gasteiger partial charge in [0.1, 0.15) is 6.04 Å². The van der Waals surface area contributed by atoms with E-state index in [4.69, 9.17) is 0 Å². The van der Waals surface area contributed by atoms with E-state index in [1.54, 1.807) is 0 Å². The minimum atomic E-state index is -0.431. The van der Waals surface area contributed by atoms with Crippen molar-refractivity contribution >= 4 is 24.4 Å². The van der Waals surface area contributed by atoms with E-state index in [2.05, 4.69) is 37.1 Å². The van der Waals surface area contributed by atoms with E-state index in [9.17, 15) is 9.59 Å². The Kier molecular flexibility index (Phi) is 11.3. The second-order valence-corrected chi connectivity index (χ2v) is 9.61. The maximum absolute atomic E-state index is 13.2. The fourth-order valence-electron chi connectivity index (χ4n) is 4.23. The van der Waals surface area contributed by atoms with E-state index in [0.29, 0.717) is 18.9 Å². The van der Waals surface area contributed by atoms with E-state index in [0.717, 1.165) is 49.0 Å². The molecule has 1 heterocycles. The monoisotopic (exact) mass is 432 g/mol. The highest BCUT2D eigenvalue weighted by Crippen LogP contribution is 2.22. The zero-order chi connectivity index (χ0) is 21.8. The molecular formula is C25H40N2O2S. The molecule has 0 radical (unpaired) electrons. The number of rotatable bonds is 6. The first-order valence-corrected chi connectivity index (χ1v) is 12.3. The Balaban J connectivity index is 2.04. The van der Waals surface area contributed by atoms with Crippen molar-refractivity contribution in [3.05, 3.63) is 29.8 Å². The van der Waals surface area contributed by atoms with Gasteiger partial charge in [0, 0.05) is 17.4 Å². The molecule has 1 saturated heterocycles. The normalized spacial score (nSPS) is 20.4. The number of hydrogen-bond acceptors (Lipinski definition) is 3. The summed E-state index contributed by atoms with van der Waals surface area (Å²) < 4.78 is 0. The van der Waals surface area contributed by atoms with Crippen LogP contribution in [0.4, 0.5) is 0 Å². The van der Waals surface area contributed by atoms with Crippen LogP contribution in [0.5, 0.6) is 0 Å². The summed E-state index contributed by atoms with van der Waals surface area (Å²) in [6.45, 7) is 4.98. The summed E-state index contributed by atoms with van der Waals surface area (Å²) >= 11 is 4.56. The van der Waals surface area contributed by atoms with Crippen LogP contribution < -0.4 is 10.6 Å². The van der Waals surface area contributed by atoms with Gasteiger partial charge in [-0.05, 0) is 43.2 Å². The Hall–Kier alpha value is -1.49. The van der Waals surface area contributed by atoms with Crippen molar-refractivity contribution in [1.29, 1.82) is 0 Å². The molecule has 0 spiro atoms. The van der Waals surface area contributed by atoms with Crippen LogP contribution in [-0.4, -0.2) is 24.4 Å². The number of carbonyl (C=O) groups is 2. The second kappa shape index (κ2) is 13.7. The molecule has 2 amide bonds. The summed E-state index contributed by atoms with van der Waals surface area (Å²) in [7, 11) is 0. The first kappa shape index (κ1) is 24.8. The largest absolute Gasteiger partial charge is 0.354 e. The third-order valence-electron chi connectivity index (χ3n) is 5.94. The van der Waals surface area contributed by atoms with Gasteiger partial charge in [-0.15, -0.1) is 12.6 Å². The molecular weight excluding hydrogens is 392 g/mol. The Bertz CT molecular complexity index is 662. The molecule has 1 aliphatic rings. The van der Waals surface area contributed by atoms with Gasteiger partial charge in [0.25, 0.3) is 0 Å². The highest BCUT2D eigenvalue weighted by molar-refractivity contribution is 7.80. The number of amides is 2. The van der Waals surface area contributed by atoms with Crippen LogP contribution in [0, 0.1) is 11.8 Å². The Morgan fingerprint density at radius 2 is 1.70 bits per heavy atom. The van der Waals surface area contributed by atoms with Gasteiger partial charge in [0.15, 0.2) is 0 Å². The number of nitrogens with one attached hydrogen (secondary N) is 2. The van der Waals surface area contributed by atoms with Gasteiger partial charge in [-0.25, -0.2) is 0 Å². The molecule has 30 heavy (non-hydrogen) atoms. The standard InChI is InChI=1S/C25H40N2O2S/c1-19(2)17-21(18-20-13-10-11-15-23(20)30)24(28)27-22-14-9-7-5-3-4-6-8-12-16-26-25(22)29/h10-11,13,15,19,21-22,30H,3-9,12,14,16-18H2,1-2H3,(H,26,29)(H,27,28). The summed E-state index contributed by atoms with van der Waals surface area (Å²) in [6, 6.07) is 7.52. The molecule has 2 N–H and O–H groups in total. The molecule has 1 aromatic carbocycles. The highest BCUT2D eigenvalue weighted by Gasteiger charge is 2.26. The summed E-state index contributed by atoms with van der Waals surface area (Å²) in [4.78, 5) is 26.9. The van der Waals surface area contributed by atoms with Gasteiger partial charge < -0.3 is 10.6 Å². The molecule has 1 aliphatic heterocycles. The lowest BCUT2D eigenvalue weighted by atomic mass is 9.89. The summed E-state index contributed by atoms with van der Waals surface area (Å²) in [5, 5.41) is 6.15. The number of thiol groups is 1. The third-order valence-corrected chi connectivity index (χ3v) is 6.37. The van der Waals surface area contributed by atoms with Gasteiger partial charge in [-0.2, -0.15) is 0 Å². The molecule has 1 fully saturated rings. The van der Waals surface area contributed by atoms with Gasteiger partial charge in [0.2, 0.25) is 11.8 Å². The summed E-state index contributed by atoms with van der Waals surface area (Å²) in [5.74, 6) is 0.211. The summed E-state index contributed by atoms with van der Waals surface area (Å²) in [5.41, 5.74) is 1.08. The SMILES string of the molecule is CC(C)CC(Cc1ccccc1S)C(=O)NC1CCCCCCCCCCNC1=O. The van der Waals surface area contributed by atoms with E-state index in [-0.39, 0.29) is 17.7 Å². The zero-order valence-corrected chi connectivity index (χ0v) is 19.7. The minimum absolute atomic E-state index is 0.00949. The minimum Gasteiger partial charge on any atom is -0.354 e. The molecule has 2 unspecified atom stereocenters. The van der Waals surface area contributed by atoms with Crippen molar-refractivity contribution in [2.45, 2.75) is 95.4 Å². The van der Waals surface area contributed by atoms with Crippen LogP contribution in [0.2, 0.25) is 0 Å². The van der Waals surface area contributed by atoms with Gasteiger partial charge in [-0.1, -0.05) is 77.0 Å². The molecule has 1 aromatic rings. The van der Waals surface area contributed by atoms with Crippen LogP contribution in [0.1, 0.15) is 83.6 Å². The van der Waals surface area contributed by atoms with Crippen molar-refractivity contribution in [2.75, 3.05) is 6.54 Å². The van der Waals surface area contributed by atoms with Crippen LogP contribution in [0.15, 0.2) is 29.2 Å². The second-order valence-electron chi connectivity index (χ2n) is 9.13. The van der Waals surface area contributed by atoms with Gasteiger partial charge in [0.05, 0.1) is 0 Å². The van der Waals surface area contributed by atoms with Crippen molar-refractivity contribution in [1.82, 2.24) is 10.6 Å². The molecule has 168 valence electrons. The lowest BCUT2D eigenvalue weighted by Gasteiger charge is -2.24. The molecule has 2 rings (SSSR count). The molecule has 0 aromatic heterocycles. The van der Waals surface area contributed by atoms with Gasteiger partial charge >= 0.3 is 0 Å². The first-order valence-electron chi connectivity index (χ1n) is 11.8. The first-order chi connectivity index (χ1) is 14.5. The van der Waals surface area contributed by atoms with Crippen LogP contribution in [0.3, 0.4) is 0 Å². The predicted octanol–water partition coefficient (Wildman–Crippen LogP) is 5.31. The highest BCUT2D eigenvalue weighted by atomic mass is 32.1. The summed E-state index contributed by atoms with van der Waals surface area (Å²) in [6.07, 6.45) is 11.5. The van der Waals surface area contributed by atoms with Crippen molar-refractivity contribution in [3.63, 3.8) is 0 Å². The van der Waals surface area contributed by atoms with E-state index >= 15 is 0 Å².